The van der Waals surface area contributed by atoms with Gasteiger partial charge in [-0.1, -0.05) is 29.9 Å². The van der Waals surface area contributed by atoms with E-state index >= 15 is 0 Å². The van der Waals surface area contributed by atoms with E-state index in [-0.39, 0.29) is 0 Å². The molecule has 0 spiro atoms. The maximum Gasteiger partial charge on any atom is 0.106 e. The molecule has 0 fully saturated rings. The maximum atomic E-state index is 5.79. The molecule has 2 aromatic rings. The number of aryl methyl sites for hydroxylation is 1. The van der Waals surface area contributed by atoms with E-state index in [1.807, 2.05) is 6.07 Å². The van der Waals surface area contributed by atoms with Crippen LogP contribution in [0.4, 0.5) is 11.4 Å². The van der Waals surface area contributed by atoms with Crippen LogP contribution in [0.15, 0.2) is 42.7 Å². The summed E-state index contributed by atoms with van der Waals surface area (Å²) in [4.78, 5) is 6.73. The molecular weight excluding hydrogens is 254 g/mol. The normalized spacial score (nSPS) is 10.2. The second kappa shape index (κ2) is 5.80. The summed E-state index contributed by atoms with van der Waals surface area (Å²) < 4.78 is 0. The van der Waals surface area contributed by atoms with E-state index in [0.29, 0.717) is 4.99 Å². The first-order valence-corrected chi connectivity index (χ1v) is 6.62. The van der Waals surface area contributed by atoms with Gasteiger partial charge in [0, 0.05) is 24.0 Å². The smallest absolute Gasteiger partial charge is 0.106 e. The minimum Gasteiger partial charge on any atom is -0.389 e. The number of thiocarbonyl (C=S) groups is 1. The fraction of sp³-hybridized carbons (Fsp3) is 0.200. The lowest BCUT2D eigenvalue weighted by Gasteiger charge is -2.25. The van der Waals surface area contributed by atoms with Crippen LogP contribution in [0.5, 0.6) is 0 Å². The van der Waals surface area contributed by atoms with Crippen molar-refractivity contribution in [2.24, 2.45) is 5.73 Å². The number of nitrogens with zero attached hydrogens (tertiary/aromatic N) is 2. The highest BCUT2D eigenvalue weighted by molar-refractivity contribution is 7.80. The number of hydrogen-bond acceptors (Lipinski definition) is 3. The maximum absolute atomic E-state index is 5.79. The van der Waals surface area contributed by atoms with Crippen LogP contribution in [0.3, 0.4) is 0 Å². The Morgan fingerprint density at radius 2 is 1.95 bits per heavy atom. The van der Waals surface area contributed by atoms with Gasteiger partial charge in [-0.3, -0.25) is 4.98 Å². The van der Waals surface area contributed by atoms with Gasteiger partial charge in [0.15, 0.2) is 0 Å². The molecule has 0 atom stereocenters. The molecule has 1 aromatic carbocycles. The number of aromatic nitrogens is 1. The molecule has 0 aliphatic rings. The molecule has 1 heterocycles. The summed E-state index contributed by atoms with van der Waals surface area (Å²) in [6.07, 6.45) is 3.51. The van der Waals surface area contributed by atoms with Crippen molar-refractivity contribution in [3.8, 4) is 0 Å². The van der Waals surface area contributed by atoms with Crippen LogP contribution >= 0.6 is 12.2 Å². The Hall–Kier alpha value is -1.94. The van der Waals surface area contributed by atoms with Crippen molar-refractivity contribution in [2.45, 2.75) is 13.8 Å². The summed E-state index contributed by atoms with van der Waals surface area (Å²) >= 11 is 5.11. The Balaban J connectivity index is 2.48. The van der Waals surface area contributed by atoms with Gasteiger partial charge in [0.2, 0.25) is 0 Å². The molecule has 0 bridgehead atoms. The van der Waals surface area contributed by atoms with E-state index in [4.69, 9.17) is 18.0 Å². The minimum atomic E-state index is 0.392. The van der Waals surface area contributed by atoms with E-state index in [0.717, 1.165) is 23.5 Å². The van der Waals surface area contributed by atoms with E-state index in [1.165, 1.54) is 5.56 Å². The standard InChI is InChI=1S/C15H17N3S/c1-3-18(12-6-4-11(2)5-7-12)14-10-17-9-8-13(14)15(16)19/h4-10H,3H2,1-2H3,(H2,16,19). The molecule has 1 aromatic heterocycles. The van der Waals surface area contributed by atoms with Gasteiger partial charge in [0.05, 0.1) is 11.9 Å². The molecule has 19 heavy (non-hydrogen) atoms. The lowest BCUT2D eigenvalue weighted by molar-refractivity contribution is 1.01. The zero-order valence-electron chi connectivity index (χ0n) is 11.1. The van der Waals surface area contributed by atoms with Gasteiger partial charge in [-0.15, -0.1) is 0 Å². The summed E-state index contributed by atoms with van der Waals surface area (Å²) in [6.45, 7) is 4.99. The molecule has 0 amide bonds. The third-order valence-corrected chi connectivity index (χ3v) is 3.24. The summed E-state index contributed by atoms with van der Waals surface area (Å²) in [7, 11) is 0. The van der Waals surface area contributed by atoms with Gasteiger partial charge in [-0.2, -0.15) is 0 Å². The van der Waals surface area contributed by atoms with Gasteiger partial charge < -0.3 is 10.6 Å². The fourth-order valence-electron chi connectivity index (χ4n) is 2.03. The first-order valence-electron chi connectivity index (χ1n) is 6.21. The summed E-state index contributed by atoms with van der Waals surface area (Å²) in [5, 5.41) is 0. The Labute approximate surface area is 119 Å². The van der Waals surface area contributed by atoms with Crippen molar-refractivity contribution in [1.29, 1.82) is 0 Å². The largest absolute Gasteiger partial charge is 0.389 e. The number of pyridine rings is 1. The number of hydrogen-bond donors (Lipinski definition) is 1. The fourth-order valence-corrected chi connectivity index (χ4v) is 2.20. The molecule has 0 aliphatic carbocycles. The van der Waals surface area contributed by atoms with Crippen LogP contribution in [-0.4, -0.2) is 16.5 Å². The monoisotopic (exact) mass is 271 g/mol. The van der Waals surface area contributed by atoms with Gasteiger partial charge in [-0.05, 0) is 32.0 Å². The van der Waals surface area contributed by atoms with Crippen molar-refractivity contribution in [3.63, 3.8) is 0 Å². The van der Waals surface area contributed by atoms with Crippen molar-refractivity contribution in [2.75, 3.05) is 11.4 Å². The summed E-state index contributed by atoms with van der Waals surface area (Å²) in [6, 6.07) is 10.2. The van der Waals surface area contributed by atoms with Crippen LogP contribution in [0.25, 0.3) is 0 Å². The van der Waals surface area contributed by atoms with Crippen LogP contribution < -0.4 is 10.6 Å². The molecule has 98 valence electrons. The zero-order valence-corrected chi connectivity index (χ0v) is 11.9. The molecule has 0 aliphatic heterocycles. The van der Waals surface area contributed by atoms with Gasteiger partial charge in [0.25, 0.3) is 0 Å². The zero-order chi connectivity index (χ0) is 13.8. The highest BCUT2D eigenvalue weighted by Crippen LogP contribution is 2.27. The molecule has 3 nitrogen and oxygen atoms in total. The molecule has 4 heteroatoms. The van der Waals surface area contributed by atoms with Crippen LogP contribution in [0.1, 0.15) is 18.1 Å². The highest BCUT2D eigenvalue weighted by atomic mass is 32.1. The molecule has 0 unspecified atom stereocenters. The van der Waals surface area contributed by atoms with Crippen LogP contribution in [0.2, 0.25) is 0 Å². The Bertz CT molecular complexity index is 578. The van der Waals surface area contributed by atoms with Crippen molar-refractivity contribution >= 4 is 28.6 Å². The SMILES string of the molecule is CCN(c1ccc(C)cc1)c1cnccc1C(N)=S. The quantitative estimate of drug-likeness (QED) is 0.867. The molecule has 0 saturated heterocycles. The van der Waals surface area contributed by atoms with Gasteiger partial charge in [-0.25, -0.2) is 0 Å². The Morgan fingerprint density at radius 1 is 1.26 bits per heavy atom. The van der Waals surface area contributed by atoms with E-state index in [1.54, 1.807) is 12.4 Å². The van der Waals surface area contributed by atoms with Gasteiger partial charge >= 0.3 is 0 Å². The predicted molar refractivity (Wildman–Crippen MR) is 84.0 cm³/mol. The number of anilines is 2. The lowest BCUT2D eigenvalue weighted by atomic mass is 10.1. The predicted octanol–water partition coefficient (Wildman–Crippen LogP) is 3.18. The van der Waals surface area contributed by atoms with Crippen molar-refractivity contribution in [1.82, 2.24) is 4.98 Å². The molecule has 0 saturated carbocycles. The first kappa shape index (κ1) is 13.5. The van der Waals surface area contributed by atoms with Crippen molar-refractivity contribution < 1.29 is 0 Å². The van der Waals surface area contributed by atoms with E-state index < -0.39 is 0 Å². The third-order valence-electron chi connectivity index (χ3n) is 3.02. The molecule has 0 radical (unpaired) electrons. The number of rotatable bonds is 4. The summed E-state index contributed by atoms with van der Waals surface area (Å²) in [5.74, 6) is 0. The van der Waals surface area contributed by atoms with Gasteiger partial charge in [0.1, 0.15) is 4.99 Å². The molecule has 2 rings (SSSR count). The third kappa shape index (κ3) is 2.90. The molecule has 2 N–H and O–H groups in total. The first-order chi connectivity index (χ1) is 9.13. The highest BCUT2D eigenvalue weighted by Gasteiger charge is 2.13. The Kier molecular flexibility index (Phi) is 4.12. The second-order valence-corrected chi connectivity index (χ2v) is 4.78. The second-order valence-electron chi connectivity index (χ2n) is 4.34. The van der Waals surface area contributed by atoms with Crippen LogP contribution in [0, 0.1) is 6.92 Å². The van der Waals surface area contributed by atoms with E-state index in [2.05, 4.69) is 48.0 Å². The van der Waals surface area contributed by atoms with Crippen LogP contribution in [-0.2, 0) is 0 Å². The van der Waals surface area contributed by atoms with E-state index in [9.17, 15) is 0 Å². The molecular formula is C15H17N3S. The number of nitrogens with two attached hydrogens (primary N) is 1. The average molecular weight is 271 g/mol. The lowest BCUT2D eigenvalue weighted by Crippen LogP contribution is -2.21. The number of benzene rings is 1. The average Bonchev–Trinajstić information content (AvgIpc) is 2.42. The minimum absolute atomic E-state index is 0.392. The Morgan fingerprint density at radius 3 is 2.53 bits per heavy atom. The van der Waals surface area contributed by atoms with Crippen molar-refractivity contribution in [3.05, 3.63) is 53.9 Å². The topological polar surface area (TPSA) is 42.2 Å². The summed E-state index contributed by atoms with van der Waals surface area (Å²) in [5.41, 5.74) is 9.93.